The summed E-state index contributed by atoms with van der Waals surface area (Å²) in [5.41, 5.74) is 0.942. The molecular formula is C17H19ClO2. The molecule has 0 bridgehead atoms. The molecule has 0 aliphatic carbocycles. The Labute approximate surface area is 124 Å². The van der Waals surface area contributed by atoms with E-state index in [-0.39, 0.29) is 11.2 Å². The summed E-state index contributed by atoms with van der Waals surface area (Å²) in [5, 5.41) is 1.87. The van der Waals surface area contributed by atoms with Crippen molar-refractivity contribution in [3.63, 3.8) is 0 Å². The van der Waals surface area contributed by atoms with Crippen LogP contribution in [0.2, 0.25) is 0 Å². The summed E-state index contributed by atoms with van der Waals surface area (Å²) in [6, 6.07) is 12.0. The molecule has 3 heteroatoms. The normalized spacial score (nSPS) is 12.3. The second kappa shape index (κ2) is 6.76. The van der Waals surface area contributed by atoms with E-state index in [4.69, 9.17) is 16.3 Å². The molecule has 0 amide bonds. The highest BCUT2D eigenvalue weighted by Gasteiger charge is 2.12. The minimum absolute atomic E-state index is 0.276. The molecular weight excluding hydrogens is 272 g/mol. The first-order chi connectivity index (χ1) is 9.61. The van der Waals surface area contributed by atoms with E-state index in [1.54, 1.807) is 0 Å². The van der Waals surface area contributed by atoms with Gasteiger partial charge in [0.1, 0.15) is 5.75 Å². The summed E-state index contributed by atoms with van der Waals surface area (Å²) in [5.74, 6) is 0.613. The summed E-state index contributed by atoms with van der Waals surface area (Å²) in [4.78, 5) is 11.2. The fraction of sp³-hybridized carbons (Fsp3) is 0.353. The average molecular weight is 291 g/mol. The third-order valence-corrected chi connectivity index (χ3v) is 3.77. The fourth-order valence-electron chi connectivity index (χ4n) is 2.07. The van der Waals surface area contributed by atoms with Crippen molar-refractivity contribution in [2.75, 3.05) is 6.61 Å². The Bertz CT molecular complexity index is 607. The van der Waals surface area contributed by atoms with Gasteiger partial charge in [-0.25, -0.2) is 0 Å². The van der Waals surface area contributed by atoms with Gasteiger partial charge in [-0.15, -0.1) is 0 Å². The second-order valence-electron chi connectivity index (χ2n) is 5.00. The van der Waals surface area contributed by atoms with Gasteiger partial charge in [-0.1, -0.05) is 44.5 Å². The first-order valence-electron chi connectivity index (χ1n) is 6.97. The second-order valence-corrected chi connectivity index (χ2v) is 5.37. The molecule has 1 unspecified atom stereocenters. The van der Waals surface area contributed by atoms with Gasteiger partial charge >= 0.3 is 0 Å². The summed E-state index contributed by atoms with van der Waals surface area (Å²) >= 11 is 5.55. The third kappa shape index (κ3) is 3.51. The van der Waals surface area contributed by atoms with Crippen molar-refractivity contribution in [3.8, 4) is 5.75 Å². The van der Waals surface area contributed by atoms with E-state index < -0.39 is 0 Å². The van der Waals surface area contributed by atoms with E-state index in [0.717, 1.165) is 41.5 Å². The van der Waals surface area contributed by atoms with Crippen LogP contribution >= 0.6 is 11.6 Å². The number of halogens is 1. The maximum absolute atomic E-state index is 11.2. The molecule has 1 atom stereocenters. The van der Waals surface area contributed by atoms with E-state index in [0.29, 0.717) is 0 Å². The zero-order valence-corrected chi connectivity index (χ0v) is 12.6. The SMILES string of the molecule is CCCCOc1ccc2cc(C(C)C(=O)Cl)ccc2c1. The Morgan fingerprint density at radius 3 is 2.60 bits per heavy atom. The van der Waals surface area contributed by atoms with Gasteiger partial charge in [0.2, 0.25) is 5.24 Å². The fourth-order valence-corrected chi connectivity index (χ4v) is 2.19. The van der Waals surface area contributed by atoms with Crippen molar-refractivity contribution in [3.05, 3.63) is 42.0 Å². The highest BCUT2D eigenvalue weighted by molar-refractivity contribution is 6.64. The van der Waals surface area contributed by atoms with Gasteiger partial charge in [-0.2, -0.15) is 0 Å². The Morgan fingerprint density at radius 2 is 1.90 bits per heavy atom. The summed E-state index contributed by atoms with van der Waals surface area (Å²) in [6.45, 7) is 4.71. The number of ether oxygens (including phenoxy) is 1. The lowest BCUT2D eigenvalue weighted by molar-refractivity contribution is -0.112. The monoisotopic (exact) mass is 290 g/mol. The Kier molecular flexibility index (Phi) is 5.02. The van der Waals surface area contributed by atoms with Crippen LogP contribution in [0.4, 0.5) is 0 Å². The molecule has 0 aromatic heterocycles. The van der Waals surface area contributed by atoms with Gasteiger partial charge in [-0.05, 0) is 46.5 Å². The molecule has 0 saturated heterocycles. The predicted octanol–water partition coefficient (Wildman–Crippen LogP) is 4.89. The quantitative estimate of drug-likeness (QED) is 0.559. The molecule has 2 rings (SSSR count). The van der Waals surface area contributed by atoms with E-state index in [1.165, 1.54) is 0 Å². The van der Waals surface area contributed by atoms with Crippen LogP contribution in [0.5, 0.6) is 5.75 Å². The van der Waals surface area contributed by atoms with Crippen molar-refractivity contribution in [2.45, 2.75) is 32.6 Å². The molecule has 20 heavy (non-hydrogen) atoms. The minimum atomic E-state index is -0.330. The van der Waals surface area contributed by atoms with Gasteiger partial charge in [0.25, 0.3) is 0 Å². The van der Waals surface area contributed by atoms with Gasteiger partial charge in [0.05, 0.1) is 12.5 Å². The number of benzene rings is 2. The van der Waals surface area contributed by atoms with Crippen molar-refractivity contribution < 1.29 is 9.53 Å². The minimum Gasteiger partial charge on any atom is -0.494 e. The van der Waals surface area contributed by atoms with Crippen LogP contribution in [0, 0.1) is 0 Å². The maximum Gasteiger partial charge on any atom is 0.228 e. The number of hydrogen-bond acceptors (Lipinski definition) is 2. The van der Waals surface area contributed by atoms with Crippen LogP contribution < -0.4 is 4.74 Å². The van der Waals surface area contributed by atoms with E-state index in [2.05, 4.69) is 6.92 Å². The van der Waals surface area contributed by atoms with Crippen molar-refractivity contribution in [1.82, 2.24) is 0 Å². The van der Waals surface area contributed by atoms with Crippen LogP contribution in [0.25, 0.3) is 10.8 Å². The van der Waals surface area contributed by atoms with Crippen LogP contribution in [-0.2, 0) is 4.79 Å². The third-order valence-electron chi connectivity index (χ3n) is 3.44. The molecule has 0 radical (unpaired) electrons. The summed E-state index contributed by atoms with van der Waals surface area (Å²) in [7, 11) is 0. The summed E-state index contributed by atoms with van der Waals surface area (Å²) < 4.78 is 5.70. The number of fused-ring (bicyclic) bond motifs is 1. The first-order valence-corrected chi connectivity index (χ1v) is 7.35. The highest BCUT2D eigenvalue weighted by atomic mass is 35.5. The molecule has 2 aromatic rings. The number of hydrogen-bond donors (Lipinski definition) is 0. The van der Waals surface area contributed by atoms with Gasteiger partial charge in [0.15, 0.2) is 0 Å². The topological polar surface area (TPSA) is 26.3 Å². The molecule has 0 N–H and O–H groups in total. The lowest BCUT2D eigenvalue weighted by Crippen LogP contribution is -2.01. The number of carbonyl (C=O) groups excluding carboxylic acids is 1. The highest BCUT2D eigenvalue weighted by Crippen LogP contribution is 2.26. The Balaban J connectivity index is 2.23. The van der Waals surface area contributed by atoms with Crippen LogP contribution in [0.3, 0.4) is 0 Å². The molecule has 106 valence electrons. The van der Waals surface area contributed by atoms with Crippen molar-refractivity contribution >= 4 is 27.6 Å². The Hall–Kier alpha value is -1.54. The standard InChI is InChI=1S/C17H19ClO2/c1-3-4-9-20-16-8-7-14-10-13(12(2)17(18)19)5-6-15(14)11-16/h5-8,10-12H,3-4,9H2,1-2H3. The number of unbranched alkanes of at least 4 members (excludes halogenated alkanes) is 1. The van der Waals surface area contributed by atoms with Crippen LogP contribution in [-0.4, -0.2) is 11.8 Å². The molecule has 2 nitrogen and oxygen atoms in total. The molecule has 0 saturated carbocycles. The van der Waals surface area contributed by atoms with Gasteiger partial charge in [-0.3, -0.25) is 4.79 Å². The summed E-state index contributed by atoms with van der Waals surface area (Å²) in [6.07, 6.45) is 2.19. The van der Waals surface area contributed by atoms with E-state index in [9.17, 15) is 4.79 Å². The smallest absolute Gasteiger partial charge is 0.228 e. The molecule has 0 fully saturated rings. The molecule has 0 aliphatic heterocycles. The van der Waals surface area contributed by atoms with Crippen LogP contribution in [0.1, 0.15) is 38.2 Å². The van der Waals surface area contributed by atoms with Gasteiger partial charge < -0.3 is 4.74 Å². The number of rotatable bonds is 6. The van der Waals surface area contributed by atoms with Crippen molar-refractivity contribution in [2.24, 2.45) is 0 Å². The lowest BCUT2D eigenvalue weighted by Gasteiger charge is -2.10. The predicted molar refractivity (Wildman–Crippen MR) is 83.6 cm³/mol. The first kappa shape index (κ1) is 14.9. The zero-order chi connectivity index (χ0) is 14.5. The average Bonchev–Trinajstić information content (AvgIpc) is 2.46. The van der Waals surface area contributed by atoms with E-state index >= 15 is 0 Å². The largest absolute Gasteiger partial charge is 0.494 e. The van der Waals surface area contributed by atoms with Crippen LogP contribution in [0.15, 0.2) is 36.4 Å². The lowest BCUT2D eigenvalue weighted by atomic mass is 9.99. The molecule has 0 heterocycles. The maximum atomic E-state index is 11.2. The van der Waals surface area contributed by atoms with Crippen molar-refractivity contribution in [1.29, 1.82) is 0 Å². The Morgan fingerprint density at radius 1 is 1.20 bits per heavy atom. The van der Waals surface area contributed by atoms with E-state index in [1.807, 2.05) is 43.3 Å². The molecule has 0 spiro atoms. The zero-order valence-electron chi connectivity index (χ0n) is 11.9. The number of carbonyl (C=O) groups is 1. The molecule has 2 aromatic carbocycles. The van der Waals surface area contributed by atoms with Gasteiger partial charge in [0, 0.05) is 0 Å². The molecule has 0 aliphatic rings.